The molecule has 0 aliphatic heterocycles. The number of ether oxygens (including phenoxy) is 1. The van der Waals surface area contributed by atoms with Crippen LogP contribution in [-0.4, -0.2) is 6.61 Å². The molecule has 82 valence electrons. The van der Waals surface area contributed by atoms with Crippen molar-refractivity contribution in [1.29, 1.82) is 0 Å². The Morgan fingerprint density at radius 1 is 1.40 bits per heavy atom. The van der Waals surface area contributed by atoms with Crippen molar-refractivity contribution in [3.8, 4) is 0 Å². The van der Waals surface area contributed by atoms with Crippen molar-refractivity contribution in [3.63, 3.8) is 0 Å². The monoisotopic (exact) mass is 316 g/mol. The lowest BCUT2D eigenvalue weighted by Gasteiger charge is -2.32. The van der Waals surface area contributed by atoms with Gasteiger partial charge in [-0.3, -0.25) is 0 Å². The maximum absolute atomic E-state index is 5.89. The van der Waals surface area contributed by atoms with Gasteiger partial charge >= 0.3 is 0 Å². The molecule has 15 heavy (non-hydrogen) atoms. The highest BCUT2D eigenvalue weighted by atomic mass is 127. The maximum atomic E-state index is 5.89. The number of rotatable bonds is 5. The van der Waals surface area contributed by atoms with Crippen LogP contribution in [0.25, 0.3) is 0 Å². The van der Waals surface area contributed by atoms with Crippen molar-refractivity contribution in [2.75, 3.05) is 6.61 Å². The highest BCUT2D eigenvalue weighted by Crippen LogP contribution is 2.40. The fraction of sp³-hybridized carbons (Fsp3) is 0.385. The molecule has 0 saturated heterocycles. The second-order valence-corrected chi connectivity index (χ2v) is 5.37. The van der Waals surface area contributed by atoms with Gasteiger partial charge in [0.1, 0.15) is 3.61 Å². The van der Waals surface area contributed by atoms with Gasteiger partial charge in [-0.05, 0) is 34.1 Å². The molecule has 1 aromatic carbocycles. The van der Waals surface area contributed by atoms with Crippen LogP contribution in [0, 0.1) is 5.92 Å². The molecule has 0 fully saturated rings. The van der Waals surface area contributed by atoms with E-state index < -0.39 is 0 Å². The molecule has 0 heterocycles. The van der Waals surface area contributed by atoms with E-state index in [4.69, 9.17) is 4.74 Å². The van der Waals surface area contributed by atoms with Gasteiger partial charge in [0.2, 0.25) is 0 Å². The maximum Gasteiger partial charge on any atom is 0.146 e. The van der Waals surface area contributed by atoms with Gasteiger partial charge < -0.3 is 4.74 Å². The quantitative estimate of drug-likeness (QED) is 0.451. The third kappa shape index (κ3) is 3.05. The lowest BCUT2D eigenvalue weighted by molar-refractivity contribution is 0.0225. The summed E-state index contributed by atoms with van der Waals surface area (Å²) in [6.45, 7) is 8.61. The van der Waals surface area contributed by atoms with Crippen molar-refractivity contribution in [2.24, 2.45) is 5.92 Å². The Morgan fingerprint density at radius 2 is 2.00 bits per heavy atom. The third-order valence-electron chi connectivity index (χ3n) is 2.32. The van der Waals surface area contributed by atoms with E-state index in [1.165, 1.54) is 5.56 Å². The molecule has 0 aromatic heterocycles. The Morgan fingerprint density at radius 3 is 2.47 bits per heavy atom. The number of benzene rings is 1. The Bertz CT molecular complexity index is 308. The smallest absolute Gasteiger partial charge is 0.146 e. The topological polar surface area (TPSA) is 9.23 Å². The minimum atomic E-state index is -0.257. The minimum Gasteiger partial charge on any atom is -0.356 e. The van der Waals surface area contributed by atoms with E-state index in [0.29, 0.717) is 12.5 Å². The molecular formula is C13H17IO. The molecule has 0 spiro atoms. The average Bonchev–Trinajstić information content (AvgIpc) is 2.27. The van der Waals surface area contributed by atoms with Crippen molar-refractivity contribution in [1.82, 2.24) is 0 Å². The SMILES string of the molecule is C=CCOC(I)(c1ccccc1)C(C)C. The molecule has 0 saturated carbocycles. The van der Waals surface area contributed by atoms with Gasteiger partial charge in [-0.15, -0.1) is 6.58 Å². The van der Waals surface area contributed by atoms with Gasteiger partial charge in [-0.1, -0.05) is 50.3 Å². The number of halogens is 1. The van der Waals surface area contributed by atoms with E-state index >= 15 is 0 Å². The normalized spacial score (nSPS) is 14.9. The highest BCUT2D eigenvalue weighted by Gasteiger charge is 2.33. The summed E-state index contributed by atoms with van der Waals surface area (Å²) >= 11 is 2.38. The first-order valence-corrected chi connectivity index (χ1v) is 6.18. The highest BCUT2D eigenvalue weighted by molar-refractivity contribution is 14.1. The van der Waals surface area contributed by atoms with Gasteiger partial charge in [-0.2, -0.15) is 0 Å². The lowest BCUT2D eigenvalue weighted by atomic mass is 9.99. The van der Waals surface area contributed by atoms with Crippen LogP contribution >= 0.6 is 22.6 Å². The Hall–Kier alpha value is -0.350. The molecule has 2 heteroatoms. The molecule has 0 radical (unpaired) electrons. The van der Waals surface area contributed by atoms with E-state index in [1.54, 1.807) is 6.08 Å². The van der Waals surface area contributed by atoms with Crippen LogP contribution in [0.1, 0.15) is 19.4 Å². The zero-order chi connectivity index (χ0) is 11.3. The summed E-state index contributed by atoms with van der Waals surface area (Å²) in [5, 5.41) is 0. The van der Waals surface area contributed by atoms with Crippen LogP contribution in [0.2, 0.25) is 0 Å². The first kappa shape index (κ1) is 12.7. The average molecular weight is 316 g/mol. The minimum absolute atomic E-state index is 0.257. The van der Waals surface area contributed by atoms with Gasteiger partial charge in [-0.25, -0.2) is 0 Å². The van der Waals surface area contributed by atoms with Gasteiger partial charge in [0.25, 0.3) is 0 Å². The van der Waals surface area contributed by atoms with Crippen molar-refractivity contribution < 1.29 is 4.74 Å². The van der Waals surface area contributed by atoms with E-state index in [1.807, 2.05) is 18.2 Å². The number of hydrogen-bond acceptors (Lipinski definition) is 1. The molecule has 0 aliphatic rings. The molecule has 0 N–H and O–H groups in total. The summed E-state index contributed by atoms with van der Waals surface area (Å²) in [5.41, 5.74) is 1.21. The van der Waals surface area contributed by atoms with Crippen molar-refractivity contribution in [3.05, 3.63) is 48.6 Å². The second-order valence-electron chi connectivity index (χ2n) is 3.77. The molecule has 1 rings (SSSR count). The number of hydrogen-bond donors (Lipinski definition) is 0. The van der Waals surface area contributed by atoms with Crippen LogP contribution < -0.4 is 0 Å². The molecule has 1 unspecified atom stereocenters. The van der Waals surface area contributed by atoms with Crippen molar-refractivity contribution >= 4 is 22.6 Å². The van der Waals surface area contributed by atoms with Crippen LogP contribution in [0.5, 0.6) is 0 Å². The molecule has 0 bridgehead atoms. The zero-order valence-corrected chi connectivity index (χ0v) is 11.4. The van der Waals surface area contributed by atoms with Crippen LogP contribution in [0.3, 0.4) is 0 Å². The summed E-state index contributed by atoms with van der Waals surface area (Å²) in [4.78, 5) is 0. The molecule has 1 atom stereocenters. The van der Waals surface area contributed by atoms with Crippen molar-refractivity contribution in [2.45, 2.75) is 17.5 Å². The summed E-state index contributed by atoms with van der Waals surface area (Å²) in [5.74, 6) is 0.417. The summed E-state index contributed by atoms with van der Waals surface area (Å²) in [6.07, 6.45) is 1.79. The zero-order valence-electron chi connectivity index (χ0n) is 9.24. The molecule has 0 aliphatic carbocycles. The van der Waals surface area contributed by atoms with E-state index in [0.717, 1.165) is 0 Å². The largest absolute Gasteiger partial charge is 0.356 e. The van der Waals surface area contributed by atoms with Gasteiger partial charge in [0.05, 0.1) is 6.61 Å². The fourth-order valence-corrected chi connectivity index (χ4v) is 1.97. The second kappa shape index (κ2) is 5.66. The molecule has 0 amide bonds. The molecule has 1 aromatic rings. The van der Waals surface area contributed by atoms with Gasteiger partial charge in [0.15, 0.2) is 0 Å². The van der Waals surface area contributed by atoms with Gasteiger partial charge in [0, 0.05) is 0 Å². The summed E-state index contributed by atoms with van der Waals surface area (Å²) in [7, 11) is 0. The number of alkyl halides is 1. The van der Waals surface area contributed by atoms with E-state index in [-0.39, 0.29) is 3.61 Å². The standard InChI is InChI=1S/C13H17IO/c1-4-10-15-13(14,11(2)3)12-8-6-5-7-9-12/h4-9,11H,1,10H2,2-3H3. The predicted octanol–water partition coefficient (Wildman–Crippen LogP) is 4.13. The van der Waals surface area contributed by atoms with E-state index in [2.05, 4.69) is 55.2 Å². The first-order chi connectivity index (χ1) is 7.11. The Kier molecular flexibility index (Phi) is 4.80. The molecular weight excluding hydrogens is 299 g/mol. The van der Waals surface area contributed by atoms with Crippen LogP contribution in [0.4, 0.5) is 0 Å². The Labute approximate surface area is 106 Å². The predicted molar refractivity (Wildman–Crippen MR) is 73.1 cm³/mol. The third-order valence-corrected chi connectivity index (χ3v) is 4.50. The summed E-state index contributed by atoms with van der Waals surface area (Å²) in [6, 6.07) is 10.3. The van der Waals surface area contributed by atoms with Crippen LogP contribution in [-0.2, 0) is 8.34 Å². The summed E-state index contributed by atoms with van der Waals surface area (Å²) < 4.78 is 5.64. The van der Waals surface area contributed by atoms with Crippen LogP contribution in [0.15, 0.2) is 43.0 Å². The van der Waals surface area contributed by atoms with E-state index in [9.17, 15) is 0 Å². The molecule has 1 nitrogen and oxygen atoms in total. The fourth-order valence-electron chi connectivity index (χ4n) is 1.43. The Balaban J connectivity index is 2.96. The first-order valence-electron chi connectivity index (χ1n) is 5.10. The lowest BCUT2D eigenvalue weighted by Crippen LogP contribution is -2.28.